The molecule has 0 bridgehead atoms. The zero-order chi connectivity index (χ0) is 14.8. The van der Waals surface area contributed by atoms with Crippen LogP contribution in [0.25, 0.3) is 0 Å². The van der Waals surface area contributed by atoms with Gasteiger partial charge in [0.2, 0.25) is 0 Å². The van der Waals surface area contributed by atoms with Crippen molar-refractivity contribution in [3.05, 3.63) is 27.3 Å². The fourth-order valence-corrected chi connectivity index (χ4v) is 4.00. The average molecular weight is 409 g/mol. The fourth-order valence-electron chi connectivity index (χ4n) is 1.97. The number of fused-ring (bicyclic) bond motifs is 1. The molecule has 2 rings (SSSR count). The standard InChI is InChI=1S/C13H16INO4S/c1-2-3-7-19-8-6-15-13(16)11-9-10(14)4-5-12(11)20(15,17)18/h4-5,9H,2-3,6-8H2,1H3. The van der Waals surface area contributed by atoms with E-state index in [2.05, 4.69) is 29.5 Å². The first-order valence-electron chi connectivity index (χ1n) is 6.43. The van der Waals surface area contributed by atoms with Crippen LogP contribution in [-0.4, -0.2) is 38.4 Å². The van der Waals surface area contributed by atoms with E-state index in [1.54, 1.807) is 12.1 Å². The summed E-state index contributed by atoms with van der Waals surface area (Å²) < 4.78 is 31.6. The van der Waals surface area contributed by atoms with Crippen LogP contribution in [0, 0.1) is 3.57 Å². The van der Waals surface area contributed by atoms with E-state index in [1.807, 2.05) is 0 Å². The Labute approximate surface area is 132 Å². The van der Waals surface area contributed by atoms with Crippen LogP contribution in [0.2, 0.25) is 0 Å². The van der Waals surface area contributed by atoms with Gasteiger partial charge >= 0.3 is 0 Å². The number of ether oxygens (including phenoxy) is 1. The van der Waals surface area contributed by atoms with E-state index < -0.39 is 15.9 Å². The van der Waals surface area contributed by atoms with E-state index in [1.165, 1.54) is 6.07 Å². The molecule has 0 aliphatic carbocycles. The highest BCUT2D eigenvalue weighted by molar-refractivity contribution is 14.1. The Kier molecular flexibility index (Phi) is 5.03. The summed E-state index contributed by atoms with van der Waals surface area (Å²) in [6.07, 6.45) is 1.95. The Morgan fingerprint density at radius 2 is 2.05 bits per heavy atom. The molecule has 7 heteroatoms. The van der Waals surface area contributed by atoms with Crippen molar-refractivity contribution in [1.82, 2.24) is 4.31 Å². The lowest BCUT2D eigenvalue weighted by molar-refractivity contribution is 0.0794. The number of amides is 1. The largest absolute Gasteiger partial charge is 0.380 e. The number of benzene rings is 1. The van der Waals surface area contributed by atoms with Gasteiger partial charge in [0.1, 0.15) is 4.90 Å². The maximum Gasteiger partial charge on any atom is 0.269 e. The van der Waals surface area contributed by atoms with Crippen molar-refractivity contribution >= 4 is 38.5 Å². The van der Waals surface area contributed by atoms with Gasteiger partial charge < -0.3 is 4.74 Å². The number of unbranched alkanes of at least 4 members (excludes halogenated alkanes) is 1. The molecule has 1 heterocycles. The zero-order valence-electron chi connectivity index (χ0n) is 11.1. The Morgan fingerprint density at radius 1 is 1.30 bits per heavy atom. The molecule has 0 atom stereocenters. The van der Waals surface area contributed by atoms with Crippen molar-refractivity contribution in [2.24, 2.45) is 0 Å². The van der Waals surface area contributed by atoms with E-state index >= 15 is 0 Å². The van der Waals surface area contributed by atoms with Crippen molar-refractivity contribution in [3.63, 3.8) is 0 Å². The van der Waals surface area contributed by atoms with Crippen LogP contribution >= 0.6 is 22.6 Å². The number of carbonyl (C=O) groups excluding carboxylic acids is 1. The lowest BCUT2D eigenvalue weighted by Gasteiger charge is -2.14. The molecule has 0 fully saturated rings. The molecule has 20 heavy (non-hydrogen) atoms. The van der Waals surface area contributed by atoms with Gasteiger partial charge in [-0.05, 0) is 47.2 Å². The summed E-state index contributed by atoms with van der Waals surface area (Å²) in [5, 5.41) is 0. The first-order chi connectivity index (χ1) is 9.48. The van der Waals surface area contributed by atoms with E-state index in [9.17, 15) is 13.2 Å². The average Bonchev–Trinajstić information content (AvgIpc) is 2.58. The second-order valence-corrected chi connectivity index (χ2v) is 7.57. The van der Waals surface area contributed by atoms with Crippen LogP contribution in [0.5, 0.6) is 0 Å². The Bertz CT molecular complexity index is 615. The van der Waals surface area contributed by atoms with Gasteiger partial charge in [0.05, 0.1) is 18.7 Å². The van der Waals surface area contributed by atoms with Gasteiger partial charge in [0.25, 0.3) is 15.9 Å². The minimum absolute atomic E-state index is 0.0656. The minimum Gasteiger partial charge on any atom is -0.380 e. The van der Waals surface area contributed by atoms with Crippen molar-refractivity contribution in [1.29, 1.82) is 0 Å². The molecule has 1 aromatic rings. The van der Waals surface area contributed by atoms with Crippen molar-refractivity contribution in [3.8, 4) is 0 Å². The highest BCUT2D eigenvalue weighted by Crippen LogP contribution is 2.30. The van der Waals surface area contributed by atoms with Crippen LogP contribution in [0.3, 0.4) is 0 Å². The maximum absolute atomic E-state index is 12.3. The molecule has 1 aromatic carbocycles. The van der Waals surface area contributed by atoms with Crippen molar-refractivity contribution in [2.45, 2.75) is 24.7 Å². The Morgan fingerprint density at radius 3 is 2.75 bits per heavy atom. The molecule has 0 aromatic heterocycles. The number of carbonyl (C=O) groups is 1. The van der Waals surface area contributed by atoms with Gasteiger partial charge in [-0.25, -0.2) is 12.7 Å². The number of hydrogen-bond donors (Lipinski definition) is 0. The molecule has 0 saturated heterocycles. The first-order valence-corrected chi connectivity index (χ1v) is 8.94. The third kappa shape index (κ3) is 2.99. The molecule has 0 unspecified atom stereocenters. The SMILES string of the molecule is CCCCOCCN1C(=O)c2cc(I)ccc2S1(=O)=O. The summed E-state index contributed by atoms with van der Waals surface area (Å²) in [6, 6.07) is 4.78. The molecule has 0 spiro atoms. The quantitative estimate of drug-likeness (QED) is 0.534. The van der Waals surface area contributed by atoms with Crippen LogP contribution in [0.15, 0.2) is 23.1 Å². The molecule has 1 amide bonds. The predicted molar refractivity (Wildman–Crippen MR) is 83.1 cm³/mol. The molecular weight excluding hydrogens is 393 g/mol. The van der Waals surface area contributed by atoms with Gasteiger partial charge in [-0.1, -0.05) is 13.3 Å². The zero-order valence-corrected chi connectivity index (χ0v) is 14.1. The molecule has 0 N–H and O–H groups in total. The third-order valence-electron chi connectivity index (χ3n) is 3.05. The van der Waals surface area contributed by atoms with Gasteiger partial charge in [0.15, 0.2) is 0 Å². The lowest BCUT2D eigenvalue weighted by atomic mass is 10.2. The summed E-state index contributed by atoms with van der Waals surface area (Å²) in [7, 11) is -3.70. The van der Waals surface area contributed by atoms with Crippen LogP contribution in [0.4, 0.5) is 0 Å². The summed E-state index contributed by atoms with van der Waals surface area (Å²) in [6.45, 7) is 2.94. The smallest absolute Gasteiger partial charge is 0.269 e. The van der Waals surface area contributed by atoms with E-state index in [4.69, 9.17) is 4.74 Å². The summed E-state index contributed by atoms with van der Waals surface area (Å²) in [4.78, 5) is 12.3. The van der Waals surface area contributed by atoms with Crippen molar-refractivity contribution < 1.29 is 17.9 Å². The Balaban J connectivity index is 2.11. The molecule has 1 aliphatic rings. The molecule has 0 saturated carbocycles. The second kappa shape index (κ2) is 6.40. The molecule has 5 nitrogen and oxygen atoms in total. The number of rotatable bonds is 6. The molecular formula is C13H16INO4S. The Hall–Kier alpha value is -0.670. The number of halogens is 1. The number of sulfonamides is 1. The molecule has 0 radical (unpaired) electrons. The van der Waals surface area contributed by atoms with Gasteiger partial charge in [-0.3, -0.25) is 4.79 Å². The number of nitrogens with zero attached hydrogens (tertiary/aromatic N) is 1. The maximum atomic E-state index is 12.3. The van der Waals surface area contributed by atoms with Gasteiger partial charge in [-0.15, -0.1) is 0 Å². The highest BCUT2D eigenvalue weighted by atomic mass is 127. The molecule has 110 valence electrons. The topological polar surface area (TPSA) is 63.7 Å². The van der Waals surface area contributed by atoms with Gasteiger partial charge in [0, 0.05) is 10.2 Å². The van der Waals surface area contributed by atoms with Gasteiger partial charge in [-0.2, -0.15) is 0 Å². The van der Waals surface area contributed by atoms with Crippen LogP contribution < -0.4 is 0 Å². The lowest BCUT2D eigenvalue weighted by Crippen LogP contribution is -2.33. The van der Waals surface area contributed by atoms with Crippen LogP contribution in [0.1, 0.15) is 30.1 Å². The third-order valence-corrected chi connectivity index (χ3v) is 5.56. The number of hydrogen-bond acceptors (Lipinski definition) is 4. The minimum atomic E-state index is -3.70. The fraction of sp³-hybridized carbons (Fsp3) is 0.462. The van der Waals surface area contributed by atoms with Crippen LogP contribution in [-0.2, 0) is 14.8 Å². The molecule has 1 aliphatic heterocycles. The van der Waals surface area contributed by atoms with Crippen molar-refractivity contribution in [2.75, 3.05) is 19.8 Å². The monoisotopic (exact) mass is 409 g/mol. The summed E-state index contributed by atoms with van der Waals surface area (Å²) in [5.41, 5.74) is 0.255. The first kappa shape index (κ1) is 15.7. The summed E-state index contributed by atoms with van der Waals surface area (Å²) >= 11 is 2.06. The van der Waals surface area contributed by atoms with E-state index in [-0.39, 0.29) is 23.6 Å². The highest BCUT2D eigenvalue weighted by Gasteiger charge is 2.40. The predicted octanol–water partition coefficient (Wildman–Crippen LogP) is 2.25. The van der Waals surface area contributed by atoms with E-state index in [0.29, 0.717) is 6.61 Å². The normalized spacial score (nSPS) is 16.5. The second-order valence-electron chi connectivity index (χ2n) is 4.49. The summed E-state index contributed by atoms with van der Waals surface area (Å²) in [5.74, 6) is -0.461. The van der Waals surface area contributed by atoms with E-state index in [0.717, 1.165) is 20.7 Å².